The third-order valence-corrected chi connectivity index (χ3v) is 4.52. The second-order valence-corrected chi connectivity index (χ2v) is 6.02. The minimum absolute atomic E-state index is 0.123. The Morgan fingerprint density at radius 3 is 2.69 bits per heavy atom. The van der Waals surface area contributed by atoms with Crippen LogP contribution < -0.4 is 10.6 Å². The summed E-state index contributed by atoms with van der Waals surface area (Å²) in [5.74, 6) is 0.123. The van der Waals surface area contributed by atoms with E-state index in [1.807, 2.05) is 11.8 Å². The Morgan fingerprint density at radius 1 is 1.50 bits per heavy atom. The van der Waals surface area contributed by atoms with Gasteiger partial charge >= 0.3 is 0 Å². The summed E-state index contributed by atoms with van der Waals surface area (Å²) in [4.78, 5) is 11.5. The van der Waals surface area contributed by atoms with Gasteiger partial charge in [0.15, 0.2) is 0 Å². The quantitative estimate of drug-likeness (QED) is 0.684. The predicted molar refractivity (Wildman–Crippen MR) is 70.9 cm³/mol. The zero-order valence-corrected chi connectivity index (χ0v) is 11.5. The Morgan fingerprint density at radius 2 is 2.19 bits per heavy atom. The minimum atomic E-state index is 0.123. The maximum absolute atomic E-state index is 11.5. The number of amides is 1. The largest absolute Gasteiger partial charge is 0.353 e. The van der Waals surface area contributed by atoms with Crippen LogP contribution in [0, 0.1) is 0 Å². The third-order valence-electron chi connectivity index (χ3n) is 3.10. The molecule has 0 aromatic rings. The SMILES string of the molecule is CCCC(C)NC(=O)CNCC1(SC)CC1. The molecule has 1 rings (SSSR count). The lowest BCUT2D eigenvalue weighted by Crippen LogP contribution is -2.40. The Balaban J connectivity index is 2.06. The Kier molecular flexibility index (Phi) is 5.62. The average Bonchev–Trinajstić information content (AvgIpc) is 2.99. The van der Waals surface area contributed by atoms with Gasteiger partial charge < -0.3 is 10.6 Å². The highest BCUT2D eigenvalue weighted by Crippen LogP contribution is 2.46. The first kappa shape index (κ1) is 13.8. The maximum Gasteiger partial charge on any atom is 0.234 e. The second-order valence-electron chi connectivity index (χ2n) is 4.75. The van der Waals surface area contributed by atoms with Gasteiger partial charge in [0.05, 0.1) is 6.54 Å². The zero-order chi connectivity index (χ0) is 12.0. The zero-order valence-electron chi connectivity index (χ0n) is 10.6. The average molecular weight is 244 g/mol. The molecule has 16 heavy (non-hydrogen) atoms. The van der Waals surface area contributed by atoms with E-state index in [1.54, 1.807) is 0 Å². The van der Waals surface area contributed by atoms with Crippen LogP contribution >= 0.6 is 11.8 Å². The van der Waals surface area contributed by atoms with Gasteiger partial charge in [-0.3, -0.25) is 4.79 Å². The van der Waals surface area contributed by atoms with Crippen molar-refractivity contribution in [3.05, 3.63) is 0 Å². The molecule has 1 unspecified atom stereocenters. The first-order valence-electron chi connectivity index (χ1n) is 6.17. The number of carbonyl (C=O) groups excluding carboxylic acids is 1. The smallest absolute Gasteiger partial charge is 0.234 e. The molecule has 94 valence electrons. The molecule has 1 amide bonds. The summed E-state index contributed by atoms with van der Waals surface area (Å²) in [7, 11) is 0. The van der Waals surface area contributed by atoms with E-state index in [0.717, 1.165) is 19.4 Å². The molecule has 1 atom stereocenters. The second kappa shape index (κ2) is 6.50. The van der Waals surface area contributed by atoms with Crippen molar-refractivity contribution in [1.29, 1.82) is 0 Å². The van der Waals surface area contributed by atoms with Crippen molar-refractivity contribution in [2.45, 2.75) is 50.3 Å². The van der Waals surface area contributed by atoms with E-state index in [-0.39, 0.29) is 5.91 Å². The molecular formula is C12H24N2OS. The van der Waals surface area contributed by atoms with Crippen molar-refractivity contribution in [3.63, 3.8) is 0 Å². The summed E-state index contributed by atoms with van der Waals surface area (Å²) in [6.45, 7) is 5.61. The number of rotatable bonds is 8. The van der Waals surface area contributed by atoms with E-state index in [4.69, 9.17) is 0 Å². The van der Waals surface area contributed by atoms with Gasteiger partial charge in [-0.05, 0) is 32.4 Å². The summed E-state index contributed by atoms with van der Waals surface area (Å²) in [6.07, 6.45) is 6.90. The van der Waals surface area contributed by atoms with Crippen LogP contribution in [-0.4, -0.2) is 36.0 Å². The highest BCUT2D eigenvalue weighted by Gasteiger charge is 2.41. The molecule has 0 saturated heterocycles. The van der Waals surface area contributed by atoms with Crippen molar-refractivity contribution in [2.75, 3.05) is 19.3 Å². The van der Waals surface area contributed by atoms with Gasteiger partial charge in [0, 0.05) is 17.3 Å². The summed E-state index contributed by atoms with van der Waals surface area (Å²) >= 11 is 1.92. The molecule has 2 N–H and O–H groups in total. The lowest BCUT2D eigenvalue weighted by Gasteiger charge is -2.15. The van der Waals surface area contributed by atoms with Gasteiger partial charge in [0.25, 0.3) is 0 Å². The van der Waals surface area contributed by atoms with Gasteiger partial charge in [-0.25, -0.2) is 0 Å². The van der Waals surface area contributed by atoms with Gasteiger partial charge in [-0.15, -0.1) is 0 Å². The molecule has 3 nitrogen and oxygen atoms in total. The molecule has 0 bridgehead atoms. The first-order chi connectivity index (χ1) is 7.62. The minimum Gasteiger partial charge on any atom is -0.353 e. The molecule has 1 saturated carbocycles. The highest BCUT2D eigenvalue weighted by atomic mass is 32.2. The van der Waals surface area contributed by atoms with E-state index in [1.165, 1.54) is 12.8 Å². The molecule has 0 radical (unpaired) electrons. The molecule has 0 spiro atoms. The summed E-state index contributed by atoms with van der Waals surface area (Å²) in [6, 6.07) is 0.301. The fourth-order valence-corrected chi connectivity index (χ4v) is 2.58. The Hall–Kier alpha value is -0.220. The van der Waals surface area contributed by atoms with Crippen LogP contribution in [-0.2, 0) is 4.79 Å². The van der Waals surface area contributed by atoms with Gasteiger partial charge in [0.1, 0.15) is 0 Å². The first-order valence-corrected chi connectivity index (χ1v) is 7.39. The molecule has 4 heteroatoms. The third kappa shape index (κ3) is 4.74. The van der Waals surface area contributed by atoms with E-state index in [9.17, 15) is 4.79 Å². The molecular weight excluding hydrogens is 220 g/mol. The highest BCUT2D eigenvalue weighted by molar-refractivity contribution is 8.00. The van der Waals surface area contributed by atoms with Gasteiger partial charge in [-0.2, -0.15) is 11.8 Å². The molecule has 1 fully saturated rings. The monoisotopic (exact) mass is 244 g/mol. The lowest BCUT2D eigenvalue weighted by atomic mass is 10.2. The van der Waals surface area contributed by atoms with Gasteiger partial charge in [0.2, 0.25) is 5.91 Å². The molecule has 0 heterocycles. The summed E-state index contributed by atoms with van der Waals surface area (Å²) in [5, 5.41) is 6.25. The van der Waals surface area contributed by atoms with E-state index in [0.29, 0.717) is 17.3 Å². The molecule has 1 aliphatic rings. The predicted octanol–water partition coefficient (Wildman–Crippen LogP) is 1.78. The fourth-order valence-electron chi connectivity index (χ4n) is 1.83. The number of hydrogen-bond acceptors (Lipinski definition) is 3. The van der Waals surface area contributed by atoms with Crippen molar-refractivity contribution >= 4 is 17.7 Å². The molecule has 0 aromatic carbocycles. The summed E-state index contributed by atoms with van der Waals surface area (Å²) < 4.78 is 0.440. The van der Waals surface area contributed by atoms with Crippen LogP contribution in [0.5, 0.6) is 0 Å². The van der Waals surface area contributed by atoms with Crippen molar-refractivity contribution in [3.8, 4) is 0 Å². The maximum atomic E-state index is 11.5. The number of nitrogens with one attached hydrogen (secondary N) is 2. The van der Waals surface area contributed by atoms with Crippen LogP contribution in [0.4, 0.5) is 0 Å². The van der Waals surface area contributed by atoms with Gasteiger partial charge in [-0.1, -0.05) is 13.3 Å². The number of carbonyl (C=O) groups is 1. The molecule has 0 aliphatic heterocycles. The van der Waals surface area contributed by atoms with Crippen LogP contribution in [0.25, 0.3) is 0 Å². The van der Waals surface area contributed by atoms with Crippen LogP contribution in [0.3, 0.4) is 0 Å². The van der Waals surface area contributed by atoms with Crippen molar-refractivity contribution in [1.82, 2.24) is 10.6 Å². The van der Waals surface area contributed by atoms with Crippen molar-refractivity contribution < 1.29 is 4.79 Å². The van der Waals surface area contributed by atoms with Crippen LogP contribution in [0.1, 0.15) is 39.5 Å². The normalized spacial score (nSPS) is 19.2. The van der Waals surface area contributed by atoms with Crippen LogP contribution in [0.2, 0.25) is 0 Å². The topological polar surface area (TPSA) is 41.1 Å². The summed E-state index contributed by atoms with van der Waals surface area (Å²) in [5.41, 5.74) is 0. The lowest BCUT2D eigenvalue weighted by molar-refractivity contribution is -0.120. The molecule has 1 aliphatic carbocycles. The van der Waals surface area contributed by atoms with E-state index < -0.39 is 0 Å². The number of thioether (sulfide) groups is 1. The van der Waals surface area contributed by atoms with E-state index >= 15 is 0 Å². The van der Waals surface area contributed by atoms with E-state index in [2.05, 4.69) is 30.7 Å². The number of hydrogen-bond donors (Lipinski definition) is 2. The van der Waals surface area contributed by atoms with Crippen LogP contribution in [0.15, 0.2) is 0 Å². The standard InChI is InChI=1S/C12H24N2OS/c1-4-5-10(2)14-11(15)8-13-9-12(16-3)6-7-12/h10,13H,4-9H2,1-3H3,(H,14,15). The fraction of sp³-hybridized carbons (Fsp3) is 0.917. The Bertz CT molecular complexity index is 229. The van der Waals surface area contributed by atoms with Crippen molar-refractivity contribution in [2.24, 2.45) is 0 Å². The Labute approximate surface area is 103 Å². The molecule has 0 aromatic heterocycles.